The summed E-state index contributed by atoms with van der Waals surface area (Å²) in [7, 11) is 0. The Morgan fingerprint density at radius 2 is 1.90 bits per heavy atom. The molecule has 1 N–H and O–H groups in total. The van der Waals surface area contributed by atoms with Crippen LogP contribution in [0.15, 0.2) is 28.7 Å². The summed E-state index contributed by atoms with van der Waals surface area (Å²) in [4.78, 5) is 2.30. The van der Waals surface area contributed by atoms with Gasteiger partial charge in [0.15, 0.2) is 0 Å². The van der Waals surface area contributed by atoms with Gasteiger partial charge < -0.3 is 19.4 Å². The summed E-state index contributed by atoms with van der Waals surface area (Å²) in [5.74, 6) is 0.407. The number of anilines is 3. The van der Waals surface area contributed by atoms with Crippen LogP contribution in [0, 0.1) is 0 Å². The van der Waals surface area contributed by atoms with Crippen LogP contribution >= 0.6 is 11.6 Å². The number of hydrogen-bond donors (Lipinski definition) is 1. The van der Waals surface area contributed by atoms with Gasteiger partial charge in [-0.15, -0.1) is 16.7 Å². The van der Waals surface area contributed by atoms with E-state index in [-0.39, 0.29) is 5.38 Å². The molecule has 1 saturated heterocycles. The zero-order chi connectivity index (χ0) is 14.7. The van der Waals surface area contributed by atoms with E-state index in [1.165, 1.54) is 5.69 Å². The highest BCUT2D eigenvalue weighted by Crippen LogP contribution is 2.23. The molecule has 0 bridgehead atoms. The third-order valence-corrected chi connectivity index (χ3v) is 3.46. The zero-order valence-electron chi connectivity index (χ0n) is 11.8. The molecule has 0 saturated carbocycles. The summed E-state index contributed by atoms with van der Waals surface area (Å²) in [6.45, 7) is 5.19. The van der Waals surface area contributed by atoms with Crippen molar-refractivity contribution in [1.29, 1.82) is 0 Å². The lowest BCUT2D eigenvalue weighted by atomic mass is 10.2. The van der Waals surface area contributed by atoms with E-state index in [2.05, 4.69) is 32.5 Å². The van der Waals surface area contributed by atoms with E-state index in [0.717, 1.165) is 32.0 Å². The summed E-state index contributed by atoms with van der Waals surface area (Å²) in [5.41, 5.74) is 2.08. The van der Waals surface area contributed by atoms with Gasteiger partial charge in [0.1, 0.15) is 5.38 Å². The van der Waals surface area contributed by atoms with Crippen molar-refractivity contribution >= 4 is 29.0 Å². The highest BCUT2D eigenvalue weighted by atomic mass is 35.5. The minimum absolute atomic E-state index is 0.295. The van der Waals surface area contributed by atoms with Gasteiger partial charge in [-0.3, -0.25) is 0 Å². The van der Waals surface area contributed by atoms with Crippen molar-refractivity contribution in [3.05, 3.63) is 30.2 Å². The van der Waals surface area contributed by atoms with Gasteiger partial charge in [0, 0.05) is 24.5 Å². The van der Waals surface area contributed by atoms with Crippen LogP contribution in [0.5, 0.6) is 0 Å². The predicted octanol–water partition coefficient (Wildman–Crippen LogP) is 2.95. The van der Waals surface area contributed by atoms with Gasteiger partial charge in [-0.05, 0) is 31.2 Å². The minimum atomic E-state index is -0.295. The third kappa shape index (κ3) is 3.46. The summed E-state index contributed by atoms with van der Waals surface area (Å²) in [6.07, 6.45) is 0. The molecule has 3 rings (SSSR count). The van der Waals surface area contributed by atoms with Crippen LogP contribution < -0.4 is 10.2 Å². The quantitative estimate of drug-likeness (QED) is 0.876. The predicted molar refractivity (Wildman–Crippen MR) is 81.3 cm³/mol. The number of halogens is 1. The number of ether oxygens (including phenoxy) is 1. The number of rotatable bonds is 4. The second-order valence-corrected chi connectivity index (χ2v) is 5.49. The molecule has 0 aliphatic carbocycles. The Kier molecular flexibility index (Phi) is 4.26. The lowest BCUT2D eigenvalue weighted by Crippen LogP contribution is -2.36. The van der Waals surface area contributed by atoms with Crippen LogP contribution in [0.25, 0.3) is 0 Å². The molecule has 2 heterocycles. The fourth-order valence-corrected chi connectivity index (χ4v) is 2.23. The maximum absolute atomic E-state index is 5.89. The molecule has 1 fully saturated rings. The average molecular weight is 309 g/mol. The maximum Gasteiger partial charge on any atom is 0.320 e. The van der Waals surface area contributed by atoms with Crippen LogP contribution in [0.1, 0.15) is 18.2 Å². The first-order valence-corrected chi connectivity index (χ1v) is 7.33. The Labute approximate surface area is 128 Å². The van der Waals surface area contributed by atoms with Crippen LogP contribution in [-0.4, -0.2) is 36.5 Å². The van der Waals surface area contributed by atoms with E-state index < -0.39 is 0 Å². The van der Waals surface area contributed by atoms with E-state index in [1.54, 1.807) is 6.92 Å². The van der Waals surface area contributed by atoms with Gasteiger partial charge in [-0.25, -0.2) is 0 Å². The fraction of sp³-hybridized carbons (Fsp3) is 0.429. The topological polar surface area (TPSA) is 63.4 Å². The Bertz CT molecular complexity index is 579. The SMILES string of the molecule is CC(Cl)c1nnc(Nc2ccc(N3CCOCC3)cc2)o1. The molecular formula is C14H17ClN4O2. The number of benzene rings is 1. The van der Waals surface area contributed by atoms with E-state index >= 15 is 0 Å². The van der Waals surface area contributed by atoms with Crippen molar-refractivity contribution in [2.24, 2.45) is 0 Å². The second kappa shape index (κ2) is 6.32. The first-order chi connectivity index (χ1) is 10.2. The molecule has 0 radical (unpaired) electrons. The lowest BCUT2D eigenvalue weighted by molar-refractivity contribution is 0.122. The summed E-state index contributed by atoms with van der Waals surface area (Å²) >= 11 is 5.89. The van der Waals surface area contributed by atoms with Crippen molar-refractivity contribution in [2.45, 2.75) is 12.3 Å². The van der Waals surface area contributed by atoms with Gasteiger partial charge in [-0.2, -0.15) is 0 Å². The van der Waals surface area contributed by atoms with Crippen molar-refractivity contribution in [1.82, 2.24) is 10.2 Å². The van der Waals surface area contributed by atoms with E-state index in [9.17, 15) is 0 Å². The molecule has 1 aromatic carbocycles. The molecule has 1 aromatic heterocycles. The molecule has 2 aromatic rings. The van der Waals surface area contributed by atoms with Gasteiger partial charge in [0.2, 0.25) is 5.89 Å². The van der Waals surface area contributed by atoms with Crippen molar-refractivity contribution in [3.63, 3.8) is 0 Å². The molecule has 7 heteroatoms. The Balaban J connectivity index is 1.65. The number of nitrogens with one attached hydrogen (secondary N) is 1. The largest absolute Gasteiger partial charge is 0.406 e. The number of aromatic nitrogens is 2. The highest BCUT2D eigenvalue weighted by molar-refractivity contribution is 6.20. The normalized spacial score (nSPS) is 16.8. The standard InChI is InChI=1S/C14H17ClN4O2/c1-10(15)13-17-18-14(21-13)16-11-2-4-12(5-3-11)19-6-8-20-9-7-19/h2-5,10H,6-9H2,1H3,(H,16,18). The maximum atomic E-state index is 5.89. The molecule has 1 atom stereocenters. The number of alkyl halides is 1. The third-order valence-electron chi connectivity index (χ3n) is 3.28. The lowest BCUT2D eigenvalue weighted by Gasteiger charge is -2.28. The average Bonchev–Trinajstić information content (AvgIpc) is 2.98. The molecule has 0 spiro atoms. The van der Waals surface area contributed by atoms with Crippen molar-refractivity contribution in [2.75, 3.05) is 36.5 Å². The highest BCUT2D eigenvalue weighted by Gasteiger charge is 2.12. The number of nitrogens with zero attached hydrogens (tertiary/aromatic N) is 3. The molecule has 112 valence electrons. The summed E-state index contributed by atoms with van der Waals surface area (Å²) in [6, 6.07) is 8.44. The van der Waals surface area contributed by atoms with Gasteiger partial charge in [0.05, 0.1) is 13.2 Å². The summed E-state index contributed by atoms with van der Waals surface area (Å²) < 4.78 is 10.8. The molecule has 1 aliphatic rings. The Morgan fingerprint density at radius 3 is 2.52 bits per heavy atom. The number of morpholine rings is 1. The Morgan fingerprint density at radius 1 is 1.19 bits per heavy atom. The monoisotopic (exact) mass is 308 g/mol. The first kappa shape index (κ1) is 14.2. The van der Waals surface area contributed by atoms with Crippen LogP contribution in [-0.2, 0) is 4.74 Å². The minimum Gasteiger partial charge on any atom is -0.406 e. The zero-order valence-corrected chi connectivity index (χ0v) is 12.5. The van der Waals surface area contributed by atoms with E-state index in [1.807, 2.05) is 12.1 Å². The van der Waals surface area contributed by atoms with Crippen molar-refractivity contribution < 1.29 is 9.15 Å². The van der Waals surface area contributed by atoms with E-state index in [4.69, 9.17) is 20.8 Å². The van der Waals surface area contributed by atoms with E-state index in [0.29, 0.717) is 11.9 Å². The van der Waals surface area contributed by atoms with Crippen molar-refractivity contribution in [3.8, 4) is 0 Å². The van der Waals surface area contributed by atoms with Crippen LogP contribution in [0.4, 0.5) is 17.4 Å². The number of hydrogen-bond acceptors (Lipinski definition) is 6. The van der Waals surface area contributed by atoms with Crippen LogP contribution in [0.3, 0.4) is 0 Å². The molecule has 21 heavy (non-hydrogen) atoms. The fourth-order valence-electron chi connectivity index (χ4n) is 2.15. The first-order valence-electron chi connectivity index (χ1n) is 6.89. The van der Waals surface area contributed by atoms with Gasteiger partial charge in [-0.1, -0.05) is 5.10 Å². The summed E-state index contributed by atoms with van der Waals surface area (Å²) in [5, 5.41) is 10.5. The molecule has 6 nitrogen and oxygen atoms in total. The second-order valence-electron chi connectivity index (χ2n) is 4.83. The molecular weight excluding hydrogens is 292 g/mol. The Hall–Kier alpha value is -1.79. The van der Waals surface area contributed by atoms with Crippen LogP contribution in [0.2, 0.25) is 0 Å². The molecule has 1 aliphatic heterocycles. The van der Waals surface area contributed by atoms with Gasteiger partial charge in [0.25, 0.3) is 0 Å². The molecule has 1 unspecified atom stereocenters. The smallest absolute Gasteiger partial charge is 0.320 e. The molecule has 0 amide bonds. The van der Waals surface area contributed by atoms with Gasteiger partial charge >= 0.3 is 6.01 Å².